The lowest BCUT2D eigenvalue weighted by Crippen LogP contribution is -2.46. The van der Waals surface area contributed by atoms with Crippen LogP contribution in [0.5, 0.6) is 5.75 Å². The van der Waals surface area contributed by atoms with E-state index in [1.54, 1.807) is 14.0 Å². The number of anilines is 3. The molecule has 192 valence electrons. The molecule has 1 N–H and O–H groups in total. The number of para-hydroxylation sites is 1. The predicted octanol–water partition coefficient (Wildman–Crippen LogP) is 5.61. The Kier molecular flexibility index (Phi) is 6.63. The first kappa shape index (κ1) is 24.8. The Hall–Kier alpha value is -3.86. The van der Waals surface area contributed by atoms with Crippen LogP contribution in [0.25, 0.3) is 10.2 Å². The maximum Gasteiger partial charge on any atom is 0.418 e. The summed E-state index contributed by atoms with van der Waals surface area (Å²) in [6.45, 7) is 4.77. The minimum absolute atomic E-state index is 0.280. The molecule has 5 rings (SSSR count). The quantitative estimate of drug-likeness (QED) is 0.364. The molecular weight excluding hydrogens is 503 g/mol. The number of nitrogens with zero attached hydrogens (tertiary/aromatic N) is 4. The molecular formula is C26H24F3N5O2S. The van der Waals surface area contributed by atoms with Crippen molar-refractivity contribution in [2.24, 2.45) is 0 Å². The number of benzene rings is 2. The third-order valence-electron chi connectivity index (χ3n) is 6.41. The van der Waals surface area contributed by atoms with Gasteiger partial charge >= 0.3 is 6.18 Å². The highest BCUT2D eigenvalue weighted by Gasteiger charge is 2.34. The van der Waals surface area contributed by atoms with Gasteiger partial charge in [-0.2, -0.15) is 13.2 Å². The van der Waals surface area contributed by atoms with Crippen molar-refractivity contribution in [3.63, 3.8) is 0 Å². The van der Waals surface area contributed by atoms with Gasteiger partial charge in [-0.1, -0.05) is 12.1 Å². The van der Waals surface area contributed by atoms with Gasteiger partial charge < -0.3 is 19.9 Å². The summed E-state index contributed by atoms with van der Waals surface area (Å²) >= 11 is 1.15. The largest absolute Gasteiger partial charge is 0.497 e. The van der Waals surface area contributed by atoms with E-state index in [1.165, 1.54) is 24.5 Å². The Morgan fingerprint density at radius 2 is 1.68 bits per heavy atom. The standard InChI is InChI=1S/C26H24F3N5O2S/c1-16-21-23(34-13-11-33(12-14-34)17-7-9-18(36-2)10-8-17)30-15-31-25(21)37-22(16)24(35)32-20-6-4-3-5-19(20)26(27,28)29/h3-10,15H,11-14H2,1-2H3,(H,32,35). The van der Waals surface area contributed by atoms with Crippen LogP contribution in [0.1, 0.15) is 20.8 Å². The summed E-state index contributed by atoms with van der Waals surface area (Å²) in [5, 5.41) is 3.19. The molecule has 1 fully saturated rings. The number of halogens is 3. The molecule has 1 aliphatic heterocycles. The van der Waals surface area contributed by atoms with Gasteiger partial charge in [0.15, 0.2) is 0 Å². The van der Waals surface area contributed by atoms with E-state index in [2.05, 4.69) is 25.1 Å². The van der Waals surface area contributed by atoms with Crippen LogP contribution in [0.4, 0.5) is 30.4 Å². The third-order valence-corrected chi connectivity index (χ3v) is 7.61. The number of alkyl halides is 3. The van der Waals surface area contributed by atoms with Gasteiger partial charge in [-0.05, 0) is 48.9 Å². The summed E-state index contributed by atoms with van der Waals surface area (Å²) in [5.74, 6) is 0.927. The minimum atomic E-state index is -4.58. The number of thiophene rings is 1. The minimum Gasteiger partial charge on any atom is -0.497 e. The van der Waals surface area contributed by atoms with Gasteiger partial charge in [0.2, 0.25) is 0 Å². The van der Waals surface area contributed by atoms with Gasteiger partial charge in [0.25, 0.3) is 5.91 Å². The highest BCUT2D eigenvalue weighted by molar-refractivity contribution is 7.20. The summed E-state index contributed by atoms with van der Waals surface area (Å²) < 4.78 is 45.4. The molecule has 0 atom stereocenters. The van der Waals surface area contributed by atoms with Crippen LogP contribution < -0.4 is 19.9 Å². The maximum atomic E-state index is 13.4. The molecule has 0 unspecified atom stereocenters. The van der Waals surface area contributed by atoms with Crippen LogP contribution in [0.2, 0.25) is 0 Å². The van der Waals surface area contributed by atoms with Crippen molar-refractivity contribution in [3.05, 3.63) is 70.9 Å². The number of nitrogens with one attached hydrogen (secondary N) is 1. The first-order valence-corrected chi connectivity index (χ1v) is 12.4. The zero-order valence-electron chi connectivity index (χ0n) is 20.2. The van der Waals surface area contributed by atoms with E-state index in [4.69, 9.17) is 4.74 Å². The summed E-state index contributed by atoms with van der Waals surface area (Å²) in [4.78, 5) is 27.3. The van der Waals surface area contributed by atoms with E-state index in [0.717, 1.165) is 53.1 Å². The highest BCUT2D eigenvalue weighted by Crippen LogP contribution is 2.38. The molecule has 7 nitrogen and oxygen atoms in total. The summed E-state index contributed by atoms with van der Waals surface area (Å²) in [7, 11) is 1.64. The average molecular weight is 528 g/mol. The molecule has 1 saturated heterocycles. The Bertz CT molecular complexity index is 1430. The van der Waals surface area contributed by atoms with Crippen molar-refractivity contribution in [2.45, 2.75) is 13.1 Å². The number of carbonyl (C=O) groups excluding carboxylic acids is 1. The molecule has 2 aromatic carbocycles. The van der Waals surface area contributed by atoms with E-state index in [9.17, 15) is 18.0 Å². The van der Waals surface area contributed by atoms with E-state index in [1.807, 2.05) is 24.3 Å². The van der Waals surface area contributed by atoms with Gasteiger partial charge in [0.1, 0.15) is 22.7 Å². The number of amides is 1. The number of rotatable bonds is 5. The number of piperazine rings is 1. The number of hydrogen-bond donors (Lipinski definition) is 1. The molecule has 1 amide bonds. The molecule has 37 heavy (non-hydrogen) atoms. The van der Waals surface area contributed by atoms with Gasteiger partial charge in [0.05, 0.1) is 28.6 Å². The fraction of sp³-hybridized carbons (Fsp3) is 0.269. The van der Waals surface area contributed by atoms with Crippen LogP contribution in [0.15, 0.2) is 54.9 Å². The fourth-order valence-electron chi connectivity index (χ4n) is 4.50. The smallest absolute Gasteiger partial charge is 0.418 e. The fourth-order valence-corrected chi connectivity index (χ4v) is 5.54. The van der Waals surface area contributed by atoms with Crippen molar-refractivity contribution in [2.75, 3.05) is 48.4 Å². The average Bonchev–Trinajstić information content (AvgIpc) is 3.25. The normalized spacial score (nSPS) is 14.2. The maximum absolute atomic E-state index is 13.4. The monoisotopic (exact) mass is 527 g/mol. The second kappa shape index (κ2) is 9.89. The molecule has 0 spiro atoms. The van der Waals surface area contributed by atoms with Crippen molar-refractivity contribution in [1.82, 2.24) is 9.97 Å². The molecule has 2 aromatic heterocycles. The third kappa shape index (κ3) is 4.91. The Labute approximate surface area is 215 Å². The number of hydrogen-bond acceptors (Lipinski definition) is 7. The second-order valence-corrected chi connectivity index (χ2v) is 9.60. The molecule has 0 bridgehead atoms. The molecule has 0 radical (unpaired) electrons. The van der Waals surface area contributed by atoms with Gasteiger partial charge in [0, 0.05) is 31.9 Å². The highest BCUT2D eigenvalue weighted by atomic mass is 32.1. The van der Waals surface area contributed by atoms with Crippen LogP contribution in [0.3, 0.4) is 0 Å². The van der Waals surface area contributed by atoms with Crippen molar-refractivity contribution in [3.8, 4) is 5.75 Å². The van der Waals surface area contributed by atoms with E-state index in [-0.39, 0.29) is 5.69 Å². The van der Waals surface area contributed by atoms with Gasteiger partial charge in [-0.3, -0.25) is 4.79 Å². The van der Waals surface area contributed by atoms with Crippen LogP contribution in [-0.4, -0.2) is 49.2 Å². The number of fused-ring (bicyclic) bond motifs is 1. The lowest BCUT2D eigenvalue weighted by atomic mass is 10.1. The molecule has 11 heteroatoms. The summed E-state index contributed by atoms with van der Waals surface area (Å²) in [5.41, 5.74) is 0.586. The van der Waals surface area contributed by atoms with Crippen LogP contribution in [-0.2, 0) is 6.18 Å². The van der Waals surface area contributed by atoms with E-state index in [0.29, 0.717) is 28.4 Å². The number of aromatic nitrogens is 2. The number of carbonyl (C=O) groups is 1. The Morgan fingerprint density at radius 1 is 1.00 bits per heavy atom. The summed E-state index contributed by atoms with van der Waals surface area (Å²) in [6, 6.07) is 12.9. The van der Waals surface area contributed by atoms with E-state index >= 15 is 0 Å². The number of ether oxygens (including phenoxy) is 1. The Balaban J connectivity index is 1.37. The van der Waals surface area contributed by atoms with E-state index < -0.39 is 17.6 Å². The molecule has 0 saturated carbocycles. The SMILES string of the molecule is COc1ccc(N2CCN(c3ncnc4sc(C(=O)Nc5ccccc5C(F)(F)F)c(C)c34)CC2)cc1. The van der Waals surface area contributed by atoms with Crippen LogP contribution in [0, 0.1) is 6.92 Å². The summed E-state index contributed by atoms with van der Waals surface area (Å²) in [6.07, 6.45) is -3.12. The van der Waals surface area contributed by atoms with Crippen molar-refractivity contribution < 1.29 is 22.7 Å². The van der Waals surface area contributed by atoms with Gasteiger partial charge in [-0.25, -0.2) is 9.97 Å². The molecule has 4 aromatic rings. The van der Waals surface area contributed by atoms with Crippen LogP contribution >= 0.6 is 11.3 Å². The number of methoxy groups -OCH3 is 1. The zero-order valence-corrected chi connectivity index (χ0v) is 21.0. The topological polar surface area (TPSA) is 70.6 Å². The second-order valence-electron chi connectivity index (χ2n) is 8.60. The zero-order chi connectivity index (χ0) is 26.2. The van der Waals surface area contributed by atoms with Gasteiger partial charge in [-0.15, -0.1) is 11.3 Å². The lowest BCUT2D eigenvalue weighted by Gasteiger charge is -2.37. The molecule has 1 aliphatic rings. The molecule has 0 aliphatic carbocycles. The predicted molar refractivity (Wildman–Crippen MR) is 139 cm³/mol. The number of aryl methyl sites for hydroxylation is 1. The van der Waals surface area contributed by atoms with Crippen molar-refractivity contribution >= 4 is 44.7 Å². The first-order valence-electron chi connectivity index (χ1n) is 11.6. The Morgan fingerprint density at radius 3 is 2.35 bits per heavy atom. The molecule has 3 heterocycles. The first-order chi connectivity index (χ1) is 17.8. The van der Waals surface area contributed by atoms with Crippen molar-refractivity contribution in [1.29, 1.82) is 0 Å². The lowest BCUT2D eigenvalue weighted by molar-refractivity contribution is -0.136.